The van der Waals surface area contributed by atoms with Crippen LogP contribution in [0.15, 0.2) is 24.5 Å². The van der Waals surface area contributed by atoms with Gasteiger partial charge in [0.1, 0.15) is 17.9 Å². The van der Waals surface area contributed by atoms with Gasteiger partial charge < -0.3 is 10.5 Å². The number of hydrogen-bond donors (Lipinski definition) is 1. The number of benzene rings is 1. The Morgan fingerprint density at radius 3 is 2.35 bits per heavy atom. The second-order valence-corrected chi connectivity index (χ2v) is 5.95. The zero-order valence-electron chi connectivity index (χ0n) is 12.7. The van der Waals surface area contributed by atoms with Crippen molar-refractivity contribution in [2.75, 3.05) is 12.8 Å². The highest BCUT2D eigenvalue weighted by molar-refractivity contribution is 5.68. The number of nitrogen functional groups attached to an aromatic ring is 1. The van der Waals surface area contributed by atoms with Crippen LogP contribution in [0.2, 0.25) is 0 Å². The van der Waals surface area contributed by atoms with Gasteiger partial charge in [-0.3, -0.25) is 0 Å². The Labute approximate surface area is 120 Å². The van der Waals surface area contributed by atoms with E-state index in [2.05, 4.69) is 36.8 Å². The Hall–Kier alpha value is -2.10. The van der Waals surface area contributed by atoms with Gasteiger partial charge in [0.05, 0.1) is 12.8 Å². The van der Waals surface area contributed by atoms with Crippen molar-refractivity contribution < 1.29 is 4.74 Å². The molecule has 0 atom stereocenters. The fraction of sp³-hybridized carbons (Fsp3) is 0.375. The quantitative estimate of drug-likeness (QED) is 0.910. The fourth-order valence-corrected chi connectivity index (χ4v) is 2.23. The Kier molecular flexibility index (Phi) is 3.66. The third-order valence-electron chi connectivity index (χ3n) is 3.32. The Morgan fingerprint density at radius 2 is 1.80 bits per heavy atom. The van der Waals surface area contributed by atoms with Crippen molar-refractivity contribution >= 4 is 5.82 Å². The van der Waals surface area contributed by atoms with Crippen LogP contribution < -0.4 is 10.5 Å². The number of aryl methyl sites for hydroxylation is 1. The van der Waals surface area contributed by atoms with Crippen LogP contribution >= 0.6 is 0 Å². The lowest BCUT2D eigenvalue weighted by Crippen LogP contribution is -2.13. The first kappa shape index (κ1) is 14.3. The Bertz CT molecular complexity index is 630. The van der Waals surface area contributed by atoms with Gasteiger partial charge >= 0.3 is 0 Å². The van der Waals surface area contributed by atoms with Crippen LogP contribution in [0.1, 0.15) is 31.9 Å². The van der Waals surface area contributed by atoms with E-state index in [9.17, 15) is 0 Å². The first-order valence-corrected chi connectivity index (χ1v) is 6.60. The molecular formula is C16H21N3O. The number of rotatable bonds is 2. The second-order valence-electron chi connectivity index (χ2n) is 5.95. The van der Waals surface area contributed by atoms with Crippen molar-refractivity contribution in [1.82, 2.24) is 9.97 Å². The number of aromatic nitrogens is 2. The smallest absolute Gasteiger partial charge is 0.127 e. The molecule has 4 nitrogen and oxygen atoms in total. The van der Waals surface area contributed by atoms with E-state index < -0.39 is 0 Å². The average molecular weight is 271 g/mol. The molecule has 1 aromatic heterocycles. The van der Waals surface area contributed by atoms with Crippen LogP contribution in [0.5, 0.6) is 5.75 Å². The van der Waals surface area contributed by atoms with Crippen molar-refractivity contribution in [3.8, 4) is 17.0 Å². The van der Waals surface area contributed by atoms with E-state index >= 15 is 0 Å². The molecule has 0 bridgehead atoms. The van der Waals surface area contributed by atoms with Gasteiger partial charge in [-0.1, -0.05) is 20.8 Å². The second kappa shape index (κ2) is 5.12. The van der Waals surface area contributed by atoms with Gasteiger partial charge in [0.25, 0.3) is 0 Å². The fourth-order valence-electron chi connectivity index (χ4n) is 2.23. The number of methoxy groups -OCH3 is 1. The van der Waals surface area contributed by atoms with E-state index in [0.29, 0.717) is 5.82 Å². The van der Waals surface area contributed by atoms with Crippen molar-refractivity contribution in [2.24, 2.45) is 0 Å². The maximum absolute atomic E-state index is 5.75. The highest BCUT2D eigenvalue weighted by Crippen LogP contribution is 2.36. The molecule has 0 amide bonds. The molecule has 20 heavy (non-hydrogen) atoms. The molecule has 0 spiro atoms. The van der Waals surface area contributed by atoms with Gasteiger partial charge in [-0.2, -0.15) is 0 Å². The molecule has 1 aromatic carbocycles. The maximum Gasteiger partial charge on any atom is 0.127 e. The monoisotopic (exact) mass is 271 g/mol. The standard InChI is InChI=1S/C16H21N3O/c1-10-6-14(20-5)12(16(2,3)4)7-11(10)13-8-15(17)19-9-18-13/h6-9H,1-5H3,(H2,17,18,19). The average Bonchev–Trinajstić information content (AvgIpc) is 2.36. The number of nitrogens with two attached hydrogens (primary N) is 1. The van der Waals surface area contributed by atoms with Crippen molar-refractivity contribution in [3.05, 3.63) is 35.7 Å². The molecule has 0 aliphatic rings. The molecule has 0 fully saturated rings. The van der Waals surface area contributed by atoms with Gasteiger partial charge in [0.2, 0.25) is 0 Å². The SMILES string of the molecule is COc1cc(C)c(-c2cc(N)ncn2)cc1C(C)(C)C. The lowest BCUT2D eigenvalue weighted by molar-refractivity contribution is 0.397. The third-order valence-corrected chi connectivity index (χ3v) is 3.32. The molecule has 0 radical (unpaired) electrons. The lowest BCUT2D eigenvalue weighted by atomic mass is 9.84. The molecule has 0 unspecified atom stereocenters. The molecular weight excluding hydrogens is 250 g/mol. The van der Waals surface area contributed by atoms with Crippen LogP contribution in [0.3, 0.4) is 0 Å². The van der Waals surface area contributed by atoms with Gasteiger partial charge in [-0.15, -0.1) is 0 Å². The molecule has 4 heteroatoms. The van der Waals surface area contributed by atoms with E-state index in [1.807, 2.05) is 13.0 Å². The van der Waals surface area contributed by atoms with Gasteiger partial charge in [0.15, 0.2) is 0 Å². The van der Waals surface area contributed by atoms with Crippen LogP contribution in [0.4, 0.5) is 5.82 Å². The number of anilines is 1. The normalized spacial score (nSPS) is 11.4. The highest BCUT2D eigenvalue weighted by atomic mass is 16.5. The summed E-state index contributed by atoms with van der Waals surface area (Å²) in [6.45, 7) is 8.54. The van der Waals surface area contributed by atoms with Crippen LogP contribution in [-0.4, -0.2) is 17.1 Å². The van der Waals surface area contributed by atoms with Gasteiger partial charge in [-0.05, 0) is 30.0 Å². The van der Waals surface area contributed by atoms with Crippen LogP contribution in [0, 0.1) is 6.92 Å². The Balaban J connectivity index is 2.66. The van der Waals surface area contributed by atoms with Gasteiger partial charge in [0, 0.05) is 17.2 Å². The minimum absolute atomic E-state index is 0.00757. The summed E-state index contributed by atoms with van der Waals surface area (Å²) in [7, 11) is 1.70. The number of ether oxygens (including phenoxy) is 1. The molecule has 0 aliphatic heterocycles. The number of nitrogens with zero attached hydrogens (tertiary/aromatic N) is 2. The van der Waals surface area contributed by atoms with Gasteiger partial charge in [-0.25, -0.2) is 9.97 Å². The summed E-state index contributed by atoms with van der Waals surface area (Å²) < 4.78 is 5.51. The molecule has 2 rings (SSSR count). The summed E-state index contributed by atoms with van der Waals surface area (Å²) in [5.41, 5.74) is 9.89. The lowest BCUT2D eigenvalue weighted by Gasteiger charge is -2.24. The summed E-state index contributed by atoms with van der Waals surface area (Å²) in [6, 6.07) is 5.98. The molecule has 1 heterocycles. The molecule has 2 N–H and O–H groups in total. The predicted molar refractivity (Wildman–Crippen MR) is 81.9 cm³/mol. The largest absolute Gasteiger partial charge is 0.496 e. The minimum atomic E-state index is -0.00757. The minimum Gasteiger partial charge on any atom is -0.496 e. The summed E-state index contributed by atoms with van der Waals surface area (Å²) in [4.78, 5) is 8.26. The summed E-state index contributed by atoms with van der Waals surface area (Å²) in [5, 5.41) is 0. The summed E-state index contributed by atoms with van der Waals surface area (Å²) in [5.74, 6) is 1.38. The molecule has 0 aliphatic carbocycles. The number of hydrogen-bond acceptors (Lipinski definition) is 4. The van der Waals surface area contributed by atoms with Crippen molar-refractivity contribution in [3.63, 3.8) is 0 Å². The summed E-state index contributed by atoms with van der Waals surface area (Å²) in [6.07, 6.45) is 1.49. The molecule has 0 saturated carbocycles. The predicted octanol–water partition coefficient (Wildman–Crippen LogP) is 3.34. The summed E-state index contributed by atoms with van der Waals surface area (Å²) >= 11 is 0. The topological polar surface area (TPSA) is 61.0 Å². The van der Waals surface area contributed by atoms with Crippen LogP contribution in [0.25, 0.3) is 11.3 Å². The van der Waals surface area contributed by atoms with E-state index in [0.717, 1.165) is 28.1 Å². The van der Waals surface area contributed by atoms with E-state index in [4.69, 9.17) is 10.5 Å². The first-order valence-electron chi connectivity index (χ1n) is 6.60. The van der Waals surface area contributed by atoms with Crippen molar-refractivity contribution in [2.45, 2.75) is 33.1 Å². The van der Waals surface area contributed by atoms with E-state index in [-0.39, 0.29) is 5.41 Å². The van der Waals surface area contributed by atoms with E-state index in [1.165, 1.54) is 6.33 Å². The van der Waals surface area contributed by atoms with Crippen LogP contribution in [-0.2, 0) is 5.41 Å². The van der Waals surface area contributed by atoms with E-state index in [1.54, 1.807) is 13.2 Å². The third kappa shape index (κ3) is 2.74. The zero-order chi connectivity index (χ0) is 14.9. The molecule has 0 saturated heterocycles. The van der Waals surface area contributed by atoms with Crippen molar-refractivity contribution in [1.29, 1.82) is 0 Å². The molecule has 2 aromatic rings. The highest BCUT2D eigenvalue weighted by Gasteiger charge is 2.21. The Morgan fingerprint density at radius 1 is 1.10 bits per heavy atom. The maximum atomic E-state index is 5.75. The zero-order valence-corrected chi connectivity index (χ0v) is 12.7. The molecule has 106 valence electrons. The first-order chi connectivity index (χ1) is 9.32.